The Hall–Kier alpha value is -2.94. The monoisotopic (exact) mass is 460 g/mol. The van der Waals surface area contributed by atoms with Crippen molar-refractivity contribution in [2.45, 2.75) is 51.2 Å². The minimum Gasteiger partial charge on any atom is -0.481 e. The van der Waals surface area contributed by atoms with Crippen LogP contribution in [0.3, 0.4) is 0 Å². The fourth-order valence-corrected chi connectivity index (χ4v) is 3.61. The molecule has 170 valence electrons. The largest absolute Gasteiger partial charge is 0.481 e. The van der Waals surface area contributed by atoms with Gasteiger partial charge in [0.15, 0.2) is 6.23 Å². The first-order valence-electron chi connectivity index (χ1n) is 10.0. The summed E-state index contributed by atoms with van der Waals surface area (Å²) in [4.78, 5) is 35.1. The van der Waals surface area contributed by atoms with E-state index >= 15 is 0 Å². The first-order valence-corrected chi connectivity index (χ1v) is 10.4. The van der Waals surface area contributed by atoms with Gasteiger partial charge >= 0.3 is 5.97 Å². The number of amides is 2. The van der Waals surface area contributed by atoms with E-state index in [1.54, 1.807) is 42.5 Å². The SMILES string of the molecule is CC(C)(C)OC(NC=O)c1cccc(C2OC(CC(=O)O)C(=O)Nc3ccc(Cl)cc32)c1. The van der Waals surface area contributed by atoms with Gasteiger partial charge in [0.2, 0.25) is 6.41 Å². The molecule has 2 amide bonds. The minimum atomic E-state index is -1.21. The highest BCUT2D eigenvalue weighted by Crippen LogP contribution is 2.38. The molecule has 3 unspecified atom stereocenters. The first-order chi connectivity index (χ1) is 15.1. The van der Waals surface area contributed by atoms with Gasteiger partial charge < -0.3 is 25.2 Å². The maximum absolute atomic E-state index is 12.6. The van der Waals surface area contributed by atoms with Crippen molar-refractivity contribution < 1.29 is 29.0 Å². The van der Waals surface area contributed by atoms with Crippen LogP contribution in [-0.4, -0.2) is 35.1 Å². The summed E-state index contributed by atoms with van der Waals surface area (Å²) in [7, 11) is 0. The van der Waals surface area contributed by atoms with Crippen LogP contribution in [0, 0.1) is 0 Å². The minimum absolute atomic E-state index is 0.441. The van der Waals surface area contributed by atoms with Gasteiger partial charge in [0.05, 0.1) is 12.0 Å². The molecule has 0 spiro atoms. The van der Waals surface area contributed by atoms with Crippen molar-refractivity contribution >= 4 is 35.6 Å². The summed E-state index contributed by atoms with van der Waals surface area (Å²) < 4.78 is 12.0. The molecule has 0 bridgehead atoms. The number of hydrogen-bond acceptors (Lipinski definition) is 5. The van der Waals surface area contributed by atoms with Gasteiger partial charge in [-0.15, -0.1) is 0 Å². The highest BCUT2D eigenvalue weighted by Gasteiger charge is 2.33. The van der Waals surface area contributed by atoms with E-state index in [1.807, 2.05) is 20.8 Å². The van der Waals surface area contributed by atoms with Crippen molar-refractivity contribution in [2.24, 2.45) is 0 Å². The van der Waals surface area contributed by atoms with Gasteiger partial charge in [-0.1, -0.05) is 29.8 Å². The summed E-state index contributed by atoms with van der Waals surface area (Å²) in [5.74, 6) is -1.71. The second kappa shape index (κ2) is 9.68. The van der Waals surface area contributed by atoms with Crippen LogP contribution in [0.25, 0.3) is 0 Å². The molecule has 1 aliphatic rings. The van der Waals surface area contributed by atoms with Crippen molar-refractivity contribution in [3.8, 4) is 0 Å². The lowest BCUT2D eigenvalue weighted by atomic mass is 9.97. The fourth-order valence-electron chi connectivity index (χ4n) is 3.43. The summed E-state index contributed by atoms with van der Waals surface area (Å²) in [5.41, 5.74) is 1.85. The Morgan fingerprint density at radius 2 is 2.06 bits per heavy atom. The molecule has 2 aromatic rings. The second-order valence-electron chi connectivity index (χ2n) is 8.39. The Balaban J connectivity index is 2.06. The van der Waals surface area contributed by atoms with Crippen molar-refractivity contribution in [2.75, 3.05) is 5.32 Å². The van der Waals surface area contributed by atoms with Gasteiger partial charge in [-0.2, -0.15) is 0 Å². The first kappa shape index (κ1) is 23.7. The lowest BCUT2D eigenvalue weighted by Crippen LogP contribution is -2.32. The smallest absolute Gasteiger partial charge is 0.306 e. The molecule has 0 radical (unpaired) electrons. The van der Waals surface area contributed by atoms with E-state index in [-0.39, 0.29) is 0 Å². The predicted octanol–water partition coefficient (Wildman–Crippen LogP) is 3.80. The van der Waals surface area contributed by atoms with Crippen LogP contribution in [0.4, 0.5) is 5.69 Å². The number of halogens is 1. The van der Waals surface area contributed by atoms with E-state index in [0.717, 1.165) is 0 Å². The zero-order chi connectivity index (χ0) is 23.5. The summed E-state index contributed by atoms with van der Waals surface area (Å²) in [6.07, 6.45) is -2.63. The Labute approximate surface area is 190 Å². The average molecular weight is 461 g/mol. The topological polar surface area (TPSA) is 114 Å². The molecule has 9 heteroatoms. The lowest BCUT2D eigenvalue weighted by Gasteiger charge is -2.28. The molecule has 32 heavy (non-hydrogen) atoms. The lowest BCUT2D eigenvalue weighted by molar-refractivity contribution is -0.146. The zero-order valence-corrected chi connectivity index (χ0v) is 18.7. The van der Waals surface area contributed by atoms with Crippen molar-refractivity contribution in [3.05, 3.63) is 64.2 Å². The number of carbonyl (C=O) groups excluding carboxylic acids is 2. The molecule has 1 aliphatic heterocycles. The number of aliphatic carboxylic acids is 1. The van der Waals surface area contributed by atoms with Crippen LogP contribution in [0.2, 0.25) is 5.02 Å². The van der Waals surface area contributed by atoms with Crippen LogP contribution in [0.1, 0.15) is 56.2 Å². The average Bonchev–Trinajstić information content (AvgIpc) is 2.83. The molecule has 0 fully saturated rings. The third-order valence-corrected chi connectivity index (χ3v) is 4.95. The maximum atomic E-state index is 12.6. The van der Waals surface area contributed by atoms with Gasteiger partial charge in [0.25, 0.3) is 5.91 Å². The van der Waals surface area contributed by atoms with E-state index in [1.165, 1.54) is 0 Å². The van der Waals surface area contributed by atoms with Gasteiger partial charge in [-0.3, -0.25) is 14.4 Å². The standard InChI is InChI=1S/C23H25ClN2O6/c1-23(2,3)32-22(25-12-27)14-6-4-5-13(9-14)20-16-10-15(24)7-8-17(16)26-21(30)18(31-20)11-19(28)29/h4-10,12,18,20,22H,11H2,1-3H3,(H,25,27)(H,26,30)(H,28,29). The highest BCUT2D eigenvalue weighted by molar-refractivity contribution is 6.30. The molecule has 0 aliphatic carbocycles. The van der Waals surface area contributed by atoms with E-state index in [0.29, 0.717) is 33.8 Å². The molecule has 3 rings (SSSR count). The van der Waals surface area contributed by atoms with E-state index in [4.69, 9.17) is 21.1 Å². The van der Waals surface area contributed by atoms with Crippen LogP contribution in [-0.2, 0) is 23.9 Å². The van der Waals surface area contributed by atoms with Gasteiger partial charge in [0, 0.05) is 21.8 Å². The molecule has 0 aromatic heterocycles. The number of fused-ring (bicyclic) bond motifs is 1. The molecule has 2 aromatic carbocycles. The maximum Gasteiger partial charge on any atom is 0.306 e. The fraction of sp³-hybridized carbons (Fsp3) is 0.348. The van der Waals surface area contributed by atoms with E-state index in [9.17, 15) is 19.5 Å². The molecule has 8 nitrogen and oxygen atoms in total. The molecular weight excluding hydrogens is 436 g/mol. The predicted molar refractivity (Wildman–Crippen MR) is 118 cm³/mol. The normalized spacial score (nSPS) is 19.3. The number of ether oxygens (including phenoxy) is 2. The van der Waals surface area contributed by atoms with Crippen LogP contribution in [0.5, 0.6) is 0 Å². The Bertz CT molecular complexity index is 1020. The number of benzene rings is 2. The van der Waals surface area contributed by atoms with Crippen LogP contribution >= 0.6 is 11.6 Å². The summed E-state index contributed by atoms with van der Waals surface area (Å²) in [5, 5.41) is 15.1. The number of nitrogens with one attached hydrogen (secondary N) is 2. The molecule has 3 N–H and O–H groups in total. The molecule has 0 saturated heterocycles. The van der Waals surface area contributed by atoms with Crippen molar-refractivity contribution in [3.63, 3.8) is 0 Å². The number of carboxylic acids is 1. The summed E-state index contributed by atoms with van der Waals surface area (Å²) >= 11 is 6.20. The third-order valence-electron chi connectivity index (χ3n) is 4.71. The number of hydrogen-bond donors (Lipinski definition) is 3. The summed E-state index contributed by atoms with van der Waals surface area (Å²) in [6, 6.07) is 12.1. The Morgan fingerprint density at radius 3 is 2.72 bits per heavy atom. The van der Waals surface area contributed by atoms with Crippen LogP contribution < -0.4 is 10.6 Å². The van der Waals surface area contributed by atoms with E-state index < -0.39 is 42.3 Å². The molecule has 3 atom stereocenters. The van der Waals surface area contributed by atoms with Gasteiger partial charge in [-0.05, 0) is 50.6 Å². The number of rotatable bonds is 7. The van der Waals surface area contributed by atoms with Gasteiger partial charge in [0.1, 0.15) is 12.2 Å². The Kier molecular flexibility index (Phi) is 7.18. The second-order valence-corrected chi connectivity index (χ2v) is 8.82. The van der Waals surface area contributed by atoms with Gasteiger partial charge in [-0.25, -0.2) is 0 Å². The van der Waals surface area contributed by atoms with E-state index in [2.05, 4.69) is 10.6 Å². The number of anilines is 1. The molecular formula is C23H25ClN2O6. The summed E-state index contributed by atoms with van der Waals surface area (Å²) in [6.45, 7) is 5.62. The number of carbonyl (C=O) groups is 3. The third kappa shape index (κ3) is 5.85. The molecule has 1 heterocycles. The van der Waals surface area contributed by atoms with Crippen molar-refractivity contribution in [1.82, 2.24) is 5.32 Å². The Morgan fingerprint density at radius 1 is 1.31 bits per heavy atom. The molecule has 0 saturated carbocycles. The van der Waals surface area contributed by atoms with Crippen molar-refractivity contribution in [1.29, 1.82) is 0 Å². The number of carboxylic acid groups (broad SMARTS) is 1. The zero-order valence-electron chi connectivity index (χ0n) is 17.9. The van der Waals surface area contributed by atoms with Crippen LogP contribution in [0.15, 0.2) is 42.5 Å². The quantitative estimate of drug-likeness (QED) is 0.427. The highest BCUT2D eigenvalue weighted by atomic mass is 35.5.